The lowest BCUT2D eigenvalue weighted by Gasteiger charge is -2.12. The quantitative estimate of drug-likeness (QED) is 0.732. The molecule has 6 nitrogen and oxygen atoms in total. The summed E-state index contributed by atoms with van der Waals surface area (Å²) in [5.41, 5.74) is 1.14. The summed E-state index contributed by atoms with van der Waals surface area (Å²) in [5, 5.41) is 20.0. The summed E-state index contributed by atoms with van der Waals surface area (Å²) in [6, 6.07) is 0.625. The Morgan fingerprint density at radius 3 is 2.71 bits per heavy atom. The zero-order chi connectivity index (χ0) is 15.4. The number of carboxylic acid groups (broad SMARTS) is 2. The number of aryl methyl sites for hydroxylation is 1. The van der Waals surface area contributed by atoms with E-state index in [4.69, 9.17) is 10.2 Å². The fourth-order valence-electron chi connectivity index (χ4n) is 2.01. The molecule has 1 atom stereocenters. The van der Waals surface area contributed by atoms with E-state index in [-0.39, 0.29) is 12.8 Å². The number of thioether (sulfide) groups is 1. The average molecular weight is 329 g/mol. The van der Waals surface area contributed by atoms with E-state index in [0.29, 0.717) is 4.88 Å². The molecule has 114 valence electrons. The predicted octanol–water partition coefficient (Wildman–Crippen LogP) is 1.59. The molecule has 1 aromatic rings. The van der Waals surface area contributed by atoms with Gasteiger partial charge in [-0.25, -0.2) is 4.79 Å². The van der Waals surface area contributed by atoms with Crippen molar-refractivity contribution in [3.8, 4) is 0 Å². The van der Waals surface area contributed by atoms with Gasteiger partial charge in [-0.15, -0.1) is 11.3 Å². The molecule has 0 bridgehead atoms. The molecule has 21 heavy (non-hydrogen) atoms. The second-order valence-electron chi connectivity index (χ2n) is 4.66. The van der Waals surface area contributed by atoms with Crippen LogP contribution in [0.2, 0.25) is 0 Å². The van der Waals surface area contributed by atoms with Crippen molar-refractivity contribution in [2.75, 3.05) is 5.75 Å². The topological polar surface area (TPSA) is 104 Å². The number of nitrogens with one attached hydrogen (secondary N) is 1. The minimum atomic E-state index is -1.22. The SMILES string of the molecule is O=C(O)CCC(NC(=O)c1cc2c(s1)CCSC2)C(=O)O. The Morgan fingerprint density at radius 2 is 2.10 bits per heavy atom. The lowest BCUT2D eigenvalue weighted by atomic mass is 10.1. The van der Waals surface area contributed by atoms with Gasteiger partial charge < -0.3 is 15.5 Å². The van der Waals surface area contributed by atoms with E-state index in [1.54, 1.807) is 6.07 Å². The van der Waals surface area contributed by atoms with Crippen LogP contribution < -0.4 is 5.32 Å². The van der Waals surface area contributed by atoms with Crippen molar-refractivity contribution in [1.29, 1.82) is 0 Å². The molecule has 0 spiro atoms. The van der Waals surface area contributed by atoms with Crippen LogP contribution in [0.25, 0.3) is 0 Å². The molecule has 1 aliphatic rings. The third kappa shape index (κ3) is 4.21. The third-order valence-electron chi connectivity index (χ3n) is 3.10. The summed E-state index contributed by atoms with van der Waals surface area (Å²) in [6.45, 7) is 0. The highest BCUT2D eigenvalue weighted by molar-refractivity contribution is 7.98. The molecule has 0 aromatic carbocycles. The zero-order valence-electron chi connectivity index (χ0n) is 11.1. The summed E-state index contributed by atoms with van der Waals surface area (Å²) in [5.74, 6) is -0.844. The second kappa shape index (κ2) is 6.95. The Labute approximate surface area is 129 Å². The van der Waals surface area contributed by atoms with Gasteiger partial charge in [0, 0.05) is 17.1 Å². The highest BCUT2D eigenvalue weighted by atomic mass is 32.2. The molecule has 0 saturated carbocycles. The first kappa shape index (κ1) is 15.8. The Morgan fingerprint density at radius 1 is 1.33 bits per heavy atom. The van der Waals surface area contributed by atoms with Crippen LogP contribution in [0.15, 0.2) is 6.07 Å². The van der Waals surface area contributed by atoms with Crippen LogP contribution in [0, 0.1) is 0 Å². The first-order valence-electron chi connectivity index (χ1n) is 6.42. The predicted molar refractivity (Wildman–Crippen MR) is 79.9 cm³/mol. The number of rotatable bonds is 6. The van der Waals surface area contributed by atoms with Crippen LogP contribution in [0.5, 0.6) is 0 Å². The molecule has 0 saturated heterocycles. The van der Waals surface area contributed by atoms with Gasteiger partial charge in [-0.3, -0.25) is 9.59 Å². The van der Waals surface area contributed by atoms with Crippen molar-refractivity contribution in [2.24, 2.45) is 0 Å². The molecule has 1 aromatic heterocycles. The van der Waals surface area contributed by atoms with Crippen LogP contribution >= 0.6 is 23.1 Å². The minimum absolute atomic E-state index is 0.128. The van der Waals surface area contributed by atoms with Crippen molar-refractivity contribution in [2.45, 2.75) is 31.1 Å². The Balaban J connectivity index is 2.02. The summed E-state index contributed by atoms with van der Waals surface area (Å²) in [7, 11) is 0. The van der Waals surface area contributed by atoms with Gasteiger partial charge in [0.05, 0.1) is 4.88 Å². The molecule has 3 N–H and O–H groups in total. The Kier molecular flexibility index (Phi) is 5.24. The van der Waals surface area contributed by atoms with Crippen LogP contribution in [0.1, 0.15) is 33.0 Å². The third-order valence-corrected chi connectivity index (χ3v) is 5.35. The number of carbonyl (C=O) groups is 3. The van der Waals surface area contributed by atoms with Crippen LogP contribution in [-0.4, -0.2) is 39.9 Å². The molecule has 2 heterocycles. The molecule has 8 heteroatoms. The van der Waals surface area contributed by atoms with Crippen LogP contribution in [0.4, 0.5) is 0 Å². The van der Waals surface area contributed by atoms with Gasteiger partial charge in [0.15, 0.2) is 0 Å². The molecule has 2 rings (SSSR count). The second-order valence-corrected chi connectivity index (χ2v) is 6.90. The number of carbonyl (C=O) groups excluding carboxylic acids is 1. The van der Waals surface area contributed by atoms with Gasteiger partial charge in [0.1, 0.15) is 6.04 Å². The van der Waals surface area contributed by atoms with E-state index >= 15 is 0 Å². The smallest absolute Gasteiger partial charge is 0.326 e. The first-order chi connectivity index (χ1) is 9.97. The number of hydrogen-bond donors (Lipinski definition) is 3. The first-order valence-corrected chi connectivity index (χ1v) is 8.39. The van der Waals surface area contributed by atoms with E-state index in [1.165, 1.54) is 16.2 Å². The number of carboxylic acids is 2. The monoisotopic (exact) mass is 329 g/mol. The minimum Gasteiger partial charge on any atom is -0.481 e. The number of aliphatic carboxylic acids is 2. The number of amides is 1. The highest BCUT2D eigenvalue weighted by Gasteiger charge is 2.24. The van der Waals surface area contributed by atoms with Gasteiger partial charge >= 0.3 is 11.9 Å². The summed E-state index contributed by atoms with van der Waals surface area (Å²) in [4.78, 5) is 35.3. The van der Waals surface area contributed by atoms with E-state index in [0.717, 1.165) is 23.5 Å². The van der Waals surface area contributed by atoms with Gasteiger partial charge in [-0.1, -0.05) is 0 Å². The lowest BCUT2D eigenvalue weighted by molar-refractivity contribution is -0.140. The van der Waals surface area contributed by atoms with E-state index in [9.17, 15) is 14.4 Å². The number of fused-ring (bicyclic) bond motifs is 1. The van der Waals surface area contributed by atoms with Crippen LogP contribution in [0.3, 0.4) is 0 Å². The van der Waals surface area contributed by atoms with E-state index in [2.05, 4.69) is 5.32 Å². The van der Waals surface area contributed by atoms with Crippen LogP contribution in [-0.2, 0) is 21.8 Å². The highest BCUT2D eigenvalue weighted by Crippen LogP contribution is 2.31. The number of hydrogen-bond acceptors (Lipinski definition) is 5. The molecular formula is C13H15NO5S2. The Bertz CT molecular complexity index is 545. The normalized spacial score (nSPS) is 15.0. The van der Waals surface area contributed by atoms with Crippen molar-refractivity contribution in [3.63, 3.8) is 0 Å². The summed E-state index contributed by atoms with van der Waals surface area (Å²) >= 11 is 3.20. The molecule has 0 fully saturated rings. The largest absolute Gasteiger partial charge is 0.481 e. The average Bonchev–Trinajstić information content (AvgIpc) is 2.86. The zero-order valence-corrected chi connectivity index (χ0v) is 12.8. The number of thiophene rings is 1. The summed E-state index contributed by atoms with van der Waals surface area (Å²) in [6.07, 6.45) is 0.505. The molecule has 1 aliphatic heterocycles. The van der Waals surface area contributed by atoms with E-state index < -0.39 is 23.9 Å². The molecular weight excluding hydrogens is 314 g/mol. The van der Waals surface area contributed by atoms with Gasteiger partial charge in [-0.2, -0.15) is 11.8 Å². The maximum absolute atomic E-state index is 12.1. The van der Waals surface area contributed by atoms with Crippen molar-refractivity contribution >= 4 is 40.9 Å². The van der Waals surface area contributed by atoms with E-state index in [1.807, 2.05) is 11.8 Å². The Hall–Kier alpha value is -1.54. The van der Waals surface area contributed by atoms with Crippen molar-refractivity contribution in [3.05, 3.63) is 21.4 Å². The summed E-state index contributed by atoms with van der Waals surface area (Å²) < 4.78 is 0. The lowest BCUT2D eigenvalue weighted by Crippen LogP contribution is -2.40. The maximum Gasteiger partial charge on any atom is 0.326 e. The standard InChI is InChI=1S/C13H15NO5S2/c15-11(16)2-1-8(13(18)19)14-12(17)10-5-7-6-20-4-3-9(7)21-10/h5,8H,1-4,6H2,(H,14,17)(H,15,16)(H,18,19). The van der Waals surface area contributed by atoms with Gasteiger partial charge in [0.25, 0.3) is 5.91 Å². The fraction of sp³-hybridized carbons (Fsp3) is 0.462. The van der Waals surface area contributed by atoms with Crippen molar-refractivity contribution < 1.29 is 24.6 Å². The molecule has 1 unspecified atom stereocenters. The fourth-order valence-corrected chi connectivity index (χ4v) is 4.29. The van der Waals surface area contributed by atoms with Gasteiger partial charge in [-0.05, 0) is 30.2 Å². The maximum atomic E-state index is 12.1. The van der Waals surface area contributed by atoms with Gasteiger partial charge in [0.2, 0.25) is 0 Å². The molecule has 1 amide bonds. The van der Waals surface area contributed by atoms with Crippen molar-refractivity contribution in [1.82, 2.24) is 5.32 Å². The molecule has 0 radical (unpaired) electrons. The molecule has 0 aliphatic carbocycles.